The van der Waals surface area contributed by atoms with Crippen molar-refractivity contribution in [1.82, 2.24) is 9.88 Å². The summed E-state index contributed by atoms with van der Waals surface area (Å²) in [5, 5.41) is 5.61. The lowest BCUT2D eigenvalue weighted by Gasteiger charge is -2.09. The van der Waals surface area contributed by atoms with Crippen LogP contribution in [0.3, 0.4) is 0 Å². The van der Waals surface area contributed by atoms with Gasteiger partial charge in [-0.3, -0.25) is 14.4 Å². The number of nitrogens with zero attached hydrogens (tertiary/aromatic N) is 1. The molecule has 0 unspecified atom stereocenters. The van der Waals surface area contributed by atoms with Crippen molar-refractivity contribution in [3.05, 3.63) is 64.1 Å². The van der Waals surface area contributed by atoms with E-state index >= 15 is 0 Å². The molecule has 1 aromatic carbocycles. The molecule has 26 heavy (non-hydrogen) atoms. The zero-order valence-corrected chi connectivity index (χ0v) is 15.2. The van der Waals surface area contributed by atoms with E-state index in [1.165, 1.54) is 10.6 Å². The summed E-state index contributed by atoms with van der Waals surface area (Å²) in [5.74, 6) is -0.417. The van der Waals surface area contributed by atoms with Crippen LogP contribution in [0, 0.1) is 6.92 Å². The highest BCUT2D eigenvalue weighted by atomic mass is 16.2. The number of amides is 2. The Hall–Kier alpha value is -2.89. The lowest BCUT2D eigenvalue weighted by atomic mass is 10.2. The maximum atomic E-state index is 12.1. The van der Waals surface area contributed by atoms with Gasteiger partial charge in [0.05, 0.1) is 0 Å². The second kappa shape index (κ2) is 9.56. The van der Waals surface area contributed by atoms with Crippen molar-refractivity contribution in [3.8, 4) is 0 Å². The molecule has 2 rings (SSSR count). The number of hydrogen-bond donors (Lipinski definition) is 2. The van der Waals surface area contributed by atoms with Gasteiger partial charge >= 0.3 is 0 Å². The van der Waals surface area contributed by atoms with E-state index in [2.05, 4.69) is 17.6 Å². The van der Waals surface area contributed by atoms with Crippen molar-refractivity contribution >= 4 is 17.5 Å². The van der Waals surface area contributed by atoms with Crippen LogP contribution >= 0.6 is 0 Å². The number of nitrogens with one attached hydrogen (secondary N) is 2. The first-order valence-electron chi connectivity index (χ1n) is 8.85. The van der Waals surface area contributed by atoms with Crippen molar-refractivity contribution in [2.45, 2.75) is 39.7 Å². The maximum Gasteiger partial charge on any atom is 0.251 e. The molecule has 2 N–H and O–H groups in total. The minimum absolute atomic E-state index is 0.0554. The molecular formula is C20H25N3O3. The highest BCUT2D eigenvalue weighted by Gasteiger charge is 2.08. The van der Waals surface area contributed by atoms with E-state index in [1.807, 2.05) is 6.92 Å². The van der Waals surface area contributed by atoms with Gasteiger partial charge in [-0.15, -0.1) is 0 Å². The second-order valence-corrected chi connectivity index (χ2v) is 6.26. The van der Waals surface area contributed by atoms with E-state index in [1.54, 1.807) is 36.5 Å². The Balaban J connectivity index is 1.90. The summed E-state index contributed by atoms with van der Waals surface area (Å²) in [6.07, 6.45) is 4.82. The zero-order valence-electron chi connectivity index (χ0n) is 15.2. The summed E-state index contributed by atoms with van der Waals surface area (Å²) in [5.41, 5.74) is 1.82. The molecule has 0 spiro atoms. The quantitative estimate of drug-likeness (QED) is 0.715. The Morgan fingerprint density at radius 1 is 1.04 bits per heavy atom. The standard InChI is InChI=1S/C20H25N3O3/c1-3-4-5-12-21-20(26)16-7-9-17(10-8-16)22-18(24)14-23-13-15(2)6-11-19(23)25/h6-11,13H,3-5,12,14H2,1-2H3,(H,21,26)(H,22,24). The molecule has 6 nitrogen and oxygen atoms in total. The molecule has 2 aromatic rings. The number of aromatic nitrogens is 1. The lowest BCUT2D eigenvalue weighted by molar-refractivity contribution is -0.116. The first kappa shape index (κ1) is 19.4. The van der Waals surface area contributed by atoms with Crippen LogP contribution in [0.4, 0.5) is 5.69 Å². The summed E-state index contributed by atoms with van der Waals surface area (Å²) in [4.78, 5) is 35.9. The van der Waals surface area contributed by atoms with Gasteiger partial charge in [-0.05, 0) is 43.2 Å². The third-order valence-electron chi connectivity index (χ3n) is 3.94. The van der Waals surface area contributed by atoms with Gasteiger partial charge in [0.2, 0.25) is 5.91 Å². The number of benzene rings is 1. The van der Waals surface area contributed by atoms with Gasteiger partial charge < -0.3 is 15.2 Å². The number of carbonyl (C=O) groups is 2. The van der Waals surface area contributed by atoms with Crippen LogP contribution in [-0.2, 0) is 11.3 Å². The highest BCUT2D eigenvalue weighted by molar-refractivity contribution is 5.95. The van der Waals surface area contributed by atoms with Gasteiger partial charge in [-0.2, -0.15) is 0 Å². The molecule has 2 amide bonds. The van der Waals surface area contributed by atoms with Gasteiger partial charge in [0.15, 0.2) is 0 Å². The Bertz CT molecular complexity index is 810. The summed E-state index contributed by atoms with van der Waals surface area (Å²) < 4.78 is 1.36. The normalized spacial score (nSPS) is 10.4. The Kier molecular flexibility index (Phi) is 7.14. The number of hydrogen-bond acceptors (Lipinski definition) is 3. The van der Waals surface area contributed by atoms with Crippen molar-refractivity contribution in [2.24, 2.45) is 0 Å². The van der Waals surface area contributed by atoms with Crippen molar-refractivity contribution in [2.75, 3.05) is 11.9 Å². The SMILES string of the molecule is CCCCCNC(=O)c1ccc(NC(=O)Cn2cc(C)ccc2=O)cc1. The van der Waals surface area contributed by atoms with E-state index < -0.39 is 0 Å². The van der Waals surface area contributed by atoms with E-state index in [9.17, 15) is 14.4 Å². The van der Waals surface area contributed by atoms with E-state index in [4.69, 9.17) is 0 Å². The highest BCUT2D eigenvalue weighted by Crippen LogP contribution is 2.10. The zero-order chi connectivity index (χ0) is 18.9. The fourth-order valence-corrected chi connectivity index (χ4v) is 2.51. The molecule has 0 bridgehead atoms. The van der Waals surface area contributed by atoms with Crippen LogP contribution in [-0.4, -0.2) is 22.9 Å². The fraction of sp³-hybridized carbons (Fsp3) is 0.350. The molecule has 6 heteroatoms. The average Bonchev–Trinajstić information content (AvgIpc) is 2.62. The van der Waals surface area contributed by atoms with E-state index in [0.29, 0.717) is 17.8 Å². The van der Waals surface area contributed by atoms with Gasteiger partial charge in [0.1, 0.15) is 6.54 Å². The number of pyridine rings is 1. The van der Waals surface area contributed by atoms with Crippen LogP contribution in [0.5, 0.6) is 0 Å². The van der Waals surface area contributed by atoms with Crippen LogP contribution in [0.15, 0.2) is 47.4 Å². The Labute approximate surface area is 153 Å². The van der Waals surface area contributed by atoms with Gasteiger partial charge in [-0.25, -0.2) is 0 Å². The molecule has 1 aromatic heterocycles. The minimum Gasteiger partial charge on any atom is -0.352 e. The first-order valence-corrected chi connectivity index (χ1v) is 8.85. The lowest BCUT2D eigenvalue weighted by Crippen LogP contribution is -2.27. The largest absolute Gasteiger partial charge is 0.352 e. The predicted octanol–water partition coefficient (Wildman–Crippen LogP) is 2.72. The Morgan fingerprint density at radius 3 is 2.46 bits per heavy atom. The van der Waals surface area contributed by atoms with Crippen LogP contribution in [0.2, 0.25) is 0 Å². The summed E-state index contributed by atoms with van der Waals surface area (Å²) in [7, 11) is 0. The molecular weight excluding hydrogens is 330 g/mol. The molecule has 0 aliphatic rings. The van der Waals surface area contributed by atoms with Crippen LogP contribution in [0.25, 0.3) is 0 Å². The molecule has 0 atom stereocenters. The number of unbranched alkanes of at least 4 members (excludes halogenated alkanes) is 2. The average molecular weight is 355 g/mol. The van der Waals surface area contributed by atoms with Crippen molar-refractivity contribution < 1.29 is 9.59 Å². The van der Waals surface area contributed by atoms with Crippen LogP contribution in [0.1, 0.15) is 42.1 Å². The van der Waals surface area contributed by atoms with E-state index in [-0.39, 0.29) is 23.9 Å². The first-order chi connectivity index (χ1) is 12.5. The van der Waals surface area contributed by atoms with E-state index in [0.717, 1.165) is 24.8 Å². The molecule has 0 saturated heterocycles. The summed E-state index contributed by atoms with van der Waals surface area (Å²) >= 11 is 0. The maximum absolute atomic E-state index is 12.1. The number of aryl methyl sites for hydroxylation is 1. The molecule has 0 radical (unpaired) electrons. The monoisotopic (exact) mass is 355 g/mol. The van der Waals surface area contributed by atoms with Crippen molar-refractivity contribution in [1.29, 1.82) is 0 Å². The number of anilines is 1. The molecule has 0 saturated carbocycles. The smallest absolute Gasteiger partial charge is 0.251 e. The topological polar surface area (TPSA) is 80.2 Å². The third kappa shape index (κ3) is 5.88. The fourth-order valence-electron chi connectivity index (χ4n) is 2.51. The van der Waals surface area contributed by atoms with Gasteiger partial charge in [-0.1, -0.05) is 25.8 Å². The number of rotatable bonds is 8. The van der Waals surface area contributed by atoms with Crippen LogP contribution < -0.4 is 16.2 Å². The Morgan fingerprint density at radius 2 is 1.77 bits per heavy atom. The second-order valence-electron chi connectivity index (χ2n) is 6.26. The predicted molar refractivity (Wildman–Crippen MR) is 102 cm³/mol. The minimum atomic E-state index is -0.297. The van der Waals surface area contributed by atoms with Crippen molar-refractivity contribution in [3.63, 3.8) is 0 Å². The summed E-state index contributed by atoms with van der Waals surface area (Å²) in [6.45, 7) is 4.58. The molecule has 0 aliphatic heterocycles. The molecule has 0 fully saturated rings. The van der Waals surface area contributed by atoms with Gasteiger partial charge in [0.25, 0.3) is 11.5 Å². The molecule has 1 heterocycles. The third-order valence-corrected chi connectivity index (χ3v) is 3.94. The molecule has 0 aliphatic carbocycles. The summed E-state index contributed by atoms with van der Waals surface area (Å²) in [6, 6.07) is 9.85. The van der Waals surface area contributed by atoms with Gasteiger partial charge in [0, 0.05) is 30.1 Å². The molecule has 138 valence electrons. The number of carbonyl (C=O) groups excluding carboxylic acids is 2.